The van der Waals surface area contributed by atoms with Gasteiger partial charge in [-0.3, -0.25) is 10.1 Å². The number of carboxylic acid groups (broad SMARTS) is 1. The van der Waals surface area contributed by atoms with Crippen molar-refractivity contribution >= 4 is 11.9 Å². The first-order chi connectivity index (χ1) is 11.1. The Balaban J connectivity index is 1.85. The Morgan fingerprint density at radius 2 is 1.74 bits per heavy atom. The van der Waals surface area contributed by atoms with E-state index in [-0.39, 0.29) is 5.92 Å². The second kappa shape index (κ2) is 8.24. The Labute approximate surface area is 136 Å². The first-order valence-corrected chi connectivity index (χ1v) is 7.61. The number of nitrogens with one attached hydrogen (secondary N) is 2. The van der Waals surface area contributed by atoms with Gasteiger partial charge in [-0.25, -0.2) is 9.97 Å². The minimum atomic E-state index is -0.845. The van der Waals surface area contributed by atoms with Gasteiger partial charge >= 0.3 is 5.97 Å². The van der Waals surface area contributed by atoms with Crippen molar-refractivity contribution in [3.63, 3.8) is 0 Å². The molecular formula is C17H22N4O2. The van der Waals surface area contributed by atoms with Crippen molar-refractivity contribution in [2.45, 2.75) is 33.0 Å². The van der Waals surface area contributed by atoms with Crippen LogP contribution in [0.1, 0.15) is 25.0 Å². The van der Waals surface area contributed by atoms with Crippen molar-refractivity contribution in [2.75, 3.05) is 5.32 Å². The molecule has 0 saturated carbocycles. The molecule has 6 nitrogen and oxygen atoms in total. The highest BCUT2D eigenvalue weighted by Gasteiger charge is 2.20. The predicted molar refractivity (Wildman–Crippen MR) is 88.9 cm³/mol. The number of carbonyl (C=O) groups is 1. The van der Waals surface area contributed by atoms with E-state index in [0.717, 1.165) is 11.1 Å². The lowest BCUT2D eigenvalue weighted by Crippen LogP contribution is -2.40. The monoisotopic (exact) mass is 314 g/mol. The minimum Gasteiger partial charge on any atom is -0.480 e. The van der Waals surface area contributed by atoms with Gasteiger partial charge in [0.1, 0.15) is 6.04 Å². The number of anilines is 1. The zero-order valence-corrected chi connectivity index (χ0v) is 13.4. The van der Waals surface area contributed by atoms with E-state index < -0.39 is 12.0 Å². The summed E-state index contributed by atoms with van der Waals surface area (Å²) < 4.78 is 0. The van der Waals surface area contributed by atoms with Gasteiger partial charge in [0.15, 0.2) is 0 Å². The van der Waals surface area contributed by atoms with E-state index in [1.165, 1.54) is 0 Å². The van der Waals surface area contributed by atoms with E-state index in [0.29, 0.717) is 19.0 Å². The number of carboxylic acids is 1. The molecule has 0 bridgehead atoms. The molecule has 6 heteroatoms. The van der Waals surface area contributed by atoms with Crippen LogP contribution in [0.2, 0.25) is 0 Å². The van der Waals surface area contributed by atoms with Crippen molar-refractivity contribution in [1.29, 1.82) is 0 Å². The first kappa shape index (κ1) is 16.9. The molecule has 0 saturated heterocycles. The molecule has 2 rings (SSSR count). The van der Waals surface area contributed by atoms with Crippen molar-refractivity contribution in [2.24, 2.45) is 5.92 Å². The molecule has 1 atom stereocenters. The number of hydrogen-bond donors (Lipinski definition) is 3. The summed E-state index contributed by atoms with van der Waals surface area (Å²) >= 11 is 0. The zero-order valence-electron chi connectivity index (χ0n) is 13.4. The van der Waals surface area contributed by atoms with E-state index in [4.69, 9.17) is 5.11 Å². The fraction of sp³-hybridized carbons (Fsp3) is 0.353. The van der Waals surface area contributed by atoms with E-state index in [1.54, 1.807) is 12.4 Å². The summed E-state index contributed by atoms with van der Waals surface area (Å²) in [5, 5.41) is 15.3. The van der Waals surface area contributed by atoms with Gasteiger partial charge in [-0.15, -0.1) is 0 Å². The van der Waals surface area contributed by atoms with Gasteiger partial charge in [0.25, 0.3) is 0 Å². The number of hydrogen-bond acceptors (Lipinski definition) is 5. The standard InChI is InChI=1S/C17H22N4O2/c1-12(2)15(16(22)23)18-9-14-10-20-17(21-11-14)19-8-13-6-4-3-5-7-13/h3-7,10-12,15,18H,8-9H2,1-2H3,(H,22,23)(H,19,20,21). The molecule has 0 fully saturated rings. The number of aromatic nitrogens is 2. The van der Waals surface area contributed by atoms with Crippen LogP contribution in [0.15, 0.2) is 42.7 Å². The van der Waals surface area contributed by atoms with Gasteiger partial charge in [-0.2, -0.15) is 0 Å². The molecule has 1 unspecified atom stereocenters. The number of nitrogens with zero attached hydrogens (tertiary/aromatic N) is 2. The molecular weight excluding hydrogens is 292 g/mol. The van der Waals surface area contributed by atoms with Crippen LogP contribution in [0.3, 0.4) is 0 Å². The van der Waals surface area contributed by atoms with Crippen molar-refractivity contribution in [3.05, 3.63) is 53.9 Å². The van der Waals surface area contributed by atoms with Gasteiger partial charge < -0.3 is 10.4 Å². The van der Waals surface area contributed by atoms with Crippen LogP contribution in [0.5, 0.6) is 0 Å². The summed E-state index contributed by atoms with van der Waals surface area (Å²) in [5.74, 6) is -0.279. The molecule has 1 aromatic heterocycles. The zero-order chi connectivity index (χ0) is 16.7. The summed E-state index contributed by atoms with van der Waals surface area (Å²) in [5.41, 5.74) is 2.00. The predicted octanol–water partition coefficient (Wildman–Crippen LogP) is 2.29. The van der Waals surface area contributed by atoms with Gasteiger partial charge in [0.2, 0.25) is 5.95 Å². The second-order valence-electron chi connectivity index (χ2n) is 5.69. The van der Waals surface area contributed by atoms with Crippen molar-refractivity contribution in [1.82, 2.24) is 15.3 Å². The molecule has 23 heavy (non-hydrogen) atoms. The number of rotatable bonds is 8. The molecule has 1 heterocycles. The van der Waals surface area contributed by atoms with Crippen LogP contribution in [0.4, 0.5) is 5.95 Å². The van der Waals surface area contributed by atoms with Gasteiger partial charge in [-0.1, -0.05) is 44.2 Å². The summed E-state index contributed by atoms with van der Waals surface area (Å²) in [7, 11) is 0. The maximum Gasteiger partial charge on any atom is 0.320 e. The fourth-order valence-electron chi connectivity index (χ4n) is 2.15. The smallest absolute Gasteiger partial charge is 0.320 e. The van der Waals surface area contributed by atoms with Crippen LogP contribution in [0.25, 0.3) is 0 Å². The maximum atomic E-state index is 11.1. The van der Waals surface area contributed by atoms with Crippen LogP contribution in [0, 0.1) is 5.92 Å². The first-order valence-electron chi connectivity index (χ1n) is 7.61. The van der Waals surface area contributed by atoms with Gasteiger partial charge in [0.05, 0.1) is 0 Å². The summed E-state index contributed by atoms with van der Waals surface area (Å²) in [6.07, 6.45) is 3.40. The topological polar surface area (TPSA) is 87.1 Å². The maximum absolute atomic E-state index is 11.1. The van der Waals surface area contributed by atoms with Crippen molar-refractivity contribution in [3.8, 4) is 0 Å². The number of benzene rings is 1. The quantitative estimate of drug-likeness (QED) is 0.693. The largest absolute Gasteiger partial charge is 0.480 e. The Hall–Kier alpha value is -2.47. The van der Waals surface area contributed by atoms with Crippen LogP contribution in [-0.4, -0.2) is 27.1 Å². The molecule has 0 aliphatic rings. The van der Waals surface area contributed by atoms with Crippen LogP contribution < -0.4 is 10.6 Å². The van der Waals surface area contributed by atoms with Gasteiger partial charge in [0, 0.05) is 31.0 Å². The van der Waals surface area contributed by atoms with Crippen molar-refractivity contribution < 1.29 is 9.90 Å². The Morgan fingerprint density at radius 1 is 1.09 bits per heavy atom. The van der Waals surface area contributed by atoms with E-state index in [1.807, 2.05) is 44.2 Å². The minimum absolute atomic E-state index is 0.0141. The lowest BCUT2D eigenvalue weighted by Gasteiger charge is -2.17. The average Bonchev–Trinajstić information content (AvgIpc) is 2.54. The molecule has 2 aromatic rings. The summed E-state index contributed by atoms with van der Waals surface area (Å²) in [6, 6.07) is 9.43. The van der Waals surface area contributed by atoms with E-state index in [2.05, 4.69) is 20.6 Å². The van der Waals surface area contributed by atoms with Crippen LogP contribution >= 0.6 is 0 Å². The molecule has 0 radical (unpaired) electrons. The SMILES string of the molecule is CC(C)C(NCc1cnc(NCc2ccccc2)nc1)C(=O)O. The average molecular weight is 314 g/mol. The molecule has 3 N–H and O–H groups in total. The highest BCUT2D eigenvalue weighted by molar-refractivity contribution is 5.73. The normalized spacial score (nSPS) is 12.1. The Bertz CT molecular complexity index is 614. The molecule has 122 valence electrons. The number of aliphatic carboxylic acids is 1. The lowest BCUT2D eigenvalue weighted by molar-refractivity contribution is -0.140. The third kappa shape index (κ3) is 5.34. The molecule has 0 aliphatic heterocycles. The van der Waals surface area contributed by atoms with Gasteiger partial charge in [-0.05, 0) is 11.5 Å². The fourth-order valence-corrected chi connectivity index (χ4v) is 2.15. The molecule has 0 aliphatic carbocycles. The highest BCUT2D eigenvalue weighted by atomic mass is 16.4. The lowest BCUT2D eigenvalue weighted by atomic mass is 10.0. The Morgan fingerprint density at radius 3 is 2.30 bits per heavy atom. The Kier molecular flexibility index (Phi) is 6.05. The van der Waals surface area contributed by atoms with E-state index in [9.17, 15) is 4.79 Å². The summed E-state index contributed by atoms with van der Waals surface area (Å²) in [4.78, 5) is 19.6. The molecule has 0 amide bonds. The summed E-state index contributed by atoms with van der Waals surface area (Å²) in [6.45, 7) is 4.83. The third-order valence-electron chi connectivity index (χ3n) is 3.46. The van der Waals surface area contributed by atoms with E-state index >= 15 is 0 Å². The highest BCUT2D eigenvalue weighted by Crippen LogP contribution is 2.06. The molecule has 1 aromatic carbocycles. The molecule has 0 spiro atoms. The van der Waals surface area contributed by atoms with Crippen LogP contribution in [-0.2, 0) is 17.9 Å². The third-order valence-corrected chi connectivity index (χ3v) is 3.46. The second-order valence-corrected chi connectivity index (χ2v) is 5.69.